The van der Waals surface area contributed by atoms with E-state index in [1.807, 2.05) is 0 Å². The Hall–Kier alpha value is -2.08. The number of hydrogen-bond acceptors (Lipinski definition) is 4. The van der Waals surface area contributed by atoms with E-state index < -0.39 is 18.0 Å². The summed E-state index contributed by atoms with van der Waals surface area (Å²) in [5.41, 5.74) is 0.0157. The van der Waals surface area contributed by atoms with Crippen molar-refractivity contribution in [2.24, 2.45) is 0 Å². The van der Waals surface area contributed by atoms with Crippen LogP contribution in [0.15, 0.2) is 18.2 Å². The van der Waals surface area contributed by atoms with Crippen molar-refractivity contribution in [3.63, 3.8) is 0 Å². The molecule has 0 saturated heterocycles. The molecular weight excluding hydrogens is 226 g/mol. The maximum absolute atomic E-state index is 11.5. The molecule has 0 aliphatic rings. The number of benzene rings is 1. The normalized spacial score (nSPS) is 11.9. The van der Waals surface area contributed by atoms with Crippen LogP contribution in [-0.4, -0.2) is 35.3 Å². The van der Waals surface area contributed by atoms with Gasteiger partial charge in [-0.1, -0.05) is 0 Å². The Morgan fingerprint density at radius 3 is 2.59 bits per heavy atom. The Labute approximate surface area is 97.8 Å². The van der Waals surface area contributed by atoms with Crippen LogP contribution in [0.4, 0.5) is 5.69 Å². The Morgan fingerprint density at radius 2 is 2.06 bits per heavy atom. The van der Waals surface area contributed by atoms with E-state index >= 15 is 0 Å². The molecule has 1 aromatic carbocycles. The highest BCUT2D eigenvalue weighted by Gasteiger charge is 2.14. The van der Waals surface area contributed by atoms with E-state index in [1.165, 1.54) is 25.3 Å². The summed E-state index contributed by atoms with van der Waals surface area (Å²) >= 11 is 0. The zero-order chi connectivity index (χ0) is 13.0. The summed E-state index contributed by atoms with van der Waals surface area (Å²) in [5, 5.41) is 20.5. The molecule has 1 atom stereocenters. The first-order chi connectivity index (χ1) is 7.95. The molecule has 0 saturated carbocycles. The van der Waals surface area contributed by atoms with E-state index in [1.54, 1.807) is 6.92 Å². The largest absolute Gasteiger partial charge is 0.507 e. The van der Waals surface area contributed by atoms with Gasteiger partial charge in [0.05, 0.1) is 0 Å². The molecule has 0 aromatic heterocycles. The van der Waals surface area contributed by atoms with Crippen molar-refractivity contribution in [1.29, 1.82) is 0 Å². The van der Waals surface area contributed by atoms with Crippen LogP contribution in [0.5, 0.6) is 5.75 Å². The van der Waals surface area contributed by atoms with Crippen LogP contribution in [0.1, 0.15) is 17.3 Å². The van der Waals surface area contributed by atoms with Gasteiger partial charge < -0.3 is 20.3 Å². The van der Waals surface area contributed by atoms with Crippen molar-refractivity contribution >= 4 is 17.6 Å². The van der Waals surface area contributed by atoms with Crippen molar-refractivity contribution < 1.29 is 24.5 Å². The molecule has 0 aliphatic heterocycles. The number of aromatic carboxylic acids is 1. The Balaban J connectivity index is 2.90. The van der Waals surface area contributed by atoms with Crippen LogP contribution in [0.3, 0.4) is 0 Å². The number of rotatable bonds is 4. The smallest absolute Gasteiger partial charge is 0.339 e. The van der Waals surface area contributed by atoms with Gasteiger partial charge in [-0.25, -0.2) is 4.79 Å². The average molecular weight is 239 g/mol. The molecule has 0 spiro atoms. The van der Waals surface area contributed by atoms with E-state index in [2.05, 4.69) is 5.32 Å². The second-order valence-electron chi connectivity index (χ2n) is 3.40. The summed E-state index contributed by atoms with van der Waals surface area (Å²) in [7, 11) is 1.39. The van der Waals surface area contributed by atoms with Gasteiger partial charge in [-0.15, -0.1) is 0 Å². The zero-order valence-corrected chi connectivity index (χ0v) is 9.43. The molecule has 0 heterocycles. The molecule has 6 heteroatoms. The molecule has 0 fully saturated rings. The molecule has 0 aliphatic carbocycles. The Bertz CT molecular complexity index is 443. The first-order valence-corrected chi connectivity index (χ1v) is 4.85. The van der Waals surface area contributed by atoms with Crippen molar-refractivity contribution in [3.8, 4) is 5.75 Å². The van der Waals surface area contributed by atoms with E-state index in [9.17, 15) is 14.7 Å². The molecule has 3 N–H and O–H groups in total. The second kappa shape index (κ2) is 5.31. The van der Waals surface area contributed by atoms with Gasteiger partial charge in [0.2, 0.25) is 0 Å². The average Bonchev–Trinajstić information content (AvgIpc) is 2.30. The summed E-state index contributed by atoms with van der Waals surface area (Å²) in [6, 6.07) is 3.79. The topological polar surface area (TPSA) is 95.9 Å². The van der Waals surface area contributed by atoms with Crippen LogP contribution >= 0.6 is 0 Å². The molecule has 1 rings (SSSR count). The zero-order valence-electron chi connectivity index (χ0n) is 9.43. The standard InChI is InChI=1S/C11H13NO5/c1-6(17-2)10(14)12-7-3-4-9(13)8(5-7)11(15)16/h3-6,13H,1-2H3,(H,12,14)(H,15,16). The fourth-order valence-electron chi connectivity index (χ4n) is 1.14. The maximum Gasteiger partial charge on any atom is 0.339 e. The van der Waals surface area contributed by atoms with Crippen molar-refractivity contribution in [1.82, 2.24) is 0 Å². The Kier molecular flexibility index (Phi) is 4.06. The fraction of sp³-hybridized carbons (Fsp3) is 0.273. The molecule has 1 amide bonds. The summed E-state index contributed by atoms with van der Waals surface area (Å²) < 4.78 is 4.81. The first kappa shape index (κ1) is 13.0. The summed E-state index contributed by atoms with van der Waals surface area (Å²) in [5.74, 6) is -2.01. The summed E-state index contributed by atoms with van der Waals surface area (Å²) in [4.78, 5) is 22.2. The third-order valence-electron chi connectivity index (χ3n) is 2.22. The minimum absolute atomic E-state index is 0.270. The molecule has 6 nitrogen and oxygen atoms in total. The minimum Gasteiger partial charge on any atom is -0.507 e. The molecule has 92 valence electrons. The van der Waals surface area contributed by atoms with Gasteiger partial charge in [-0.2, -0.15) is 0 Å². The summed E-state index contributed by atoms with van der Waals surface area (Å²) in [6.45, 7) is 1.56. The lowest BCUT2D eigenvalue weighted by molar-refractivity contribution is -0.124. The minimum atomic E-state index is -1.27. The summed E-state index contributed by atoms with van der Waals surface area (Å²) in [6.07, 6.45) is -0.642. The Morgan fingerprint density at radius 1 is 1.41 bits per heavy atom. The highest BCUT2D eigenvalue weighted by molar-refractivity contribution is 5.97. The first-order valence-electron chi connectivity index (χ1n) is 4.85. The van der Waals surface area contributed by atoms with Gasteiger partial charge in [-0.3, -0.25) is 4.79 Å². The van der Waals surface area contributed by atoms with E-state index in [0.717, 1.165) is 0 Å². The number of aromatic hydroxyl groups is 1. The SMILES string of the molecule is COC(C)C(=O)Nc1ccc(O)c(C(=O)O)c1. The van der Waals surface area contributed by atoms with Crippen LogP contribution in [0, 0.1) is 0 Å². The molecule has 17 heavy (non-hydrogen) atoms. The van der Waals surface area contributed by atoms with Gasteiger partial charge in [0.15, 0.2) is 0 Å². The highest BCUT2D eigenvalue weighted by Crippen LogP contribution is 2.21. The van der Waals surface area contributed by atoms with Gasteiger partial charge in [-0.05, 0) is 25.1 Å². The number of ether oxygens (including phenoxy) is 1. The predicted octanol–water partition coefficient (Wildman–Crippen LogP) is 1.06. The second-order valence-corrected chi connectivity index (χ2v) is 3.40. The quantitative estimate of drug-likeness (QED) is 0.683. The van der Waals surface area contributed by atoms with Crippen molar-refractivity contribution in [2.75, 3.05) is 12.4 Å². The number of carbonyl (C=O) groups is 2. The number of amides is 1. The van der Waals surface area contributed by atoms with E-state index in [0.29, 0.717) is 0 Å². The van der Waals surface area contributed by atoms with Crippen LogP contribution < -0.4 is 5.32 Å². The third kappa shape index (κ3) is 3.18. The van der Waals surface area contributed by atoms with Crippen molar-refractivity contribution in [3.05, 3.63) is 23.8 Å². The predicted molar refractivity (Wildman–Crippen MR) is 60.2 cm³/mol. The number of carboxylic acids is 1. The van der Waals surface area contributed by atoms with Crippen LogP contribution in [0.25, 0.3) is 0 Å². The van der Waals surface area contributed by atoms with Gasteiger partial charge in [0.1, 0.15) is 17.4 Å². The number of carboxylic acid groups (broad SMARTS) is 1. The van der Waals surface area contributed by atoms with Gasteiger partial charge >= 0.3 is 5.97 Å². The fourth-order valence-corrected chi connectivity index (χ4v) is 1.14. The lowest BCUT2D eigenvalue weighted by Gasteiger charge is -2.11. The molecule has 0 bridgehead atoms. The lowest BCUT2D eigenvalue weighted by Crippen LogP contribution is -2.26. The third-order valence-corrected chi connectivity index (χ3v) is 2.22. The molecule has 1 unspecified atom stereocenters. The number of methoxy groups -OCH3 is 1. The lowest BCUT2D eigenvalue weighted by atomic mass is 10.1. The number of hydrogen-bond donors (Lipinski definition) is 3. The van der Waals surface area contributed by atoms with E-state index in [4.69, 9.17) is 9.84 Å². The van der Waals surface area contributed by atoms with E-state index in [-0.39, 0.29) is 17.0 Å². The number of anilines is 1. The molecular formula is C11H13NO5. The number of carbonyl (C=O) groups excluding carboxylic acids is 1. The monoisotopic (exact) mass is 239 g/mol. The van der Waals surface area contributed by atoms with Crippen LogP contribution in [-0.2, 0) is 9.53 Å². The molecule has 0 radical (unpaired) electrons. The van der Waals surface area contributed by atoms with Gasteiger partial charge in [0.25, 0.3) is 5.91 Å². The highest BCUT2D eigenvalue weighted by atomic mass is 16.5. The van der Waals surface area contributed by atoms with Crippen LogP contribution in [0.2, 0.25) is 0 Å². The number of phenols is 1. The van der Waals surface area contributed by atoms with Crippen molar-refractivity contribution in [2.45, 2.75) is 13.0 Å². The number of nitrogens with one attached hydrogen (secondary N) is 1. The molecule has 1 aromatic rings. The van der Waals surface area contributed by atoms with Gasteiger partial charge in [0, 0.05) is 12.8 Å². The maximum atomic E-state index is 11.5.